The Labute approximate surface area is 175 Å². The zero-order valence-electron chi connectivity index (χ0n) is 17.0. The molecule has 1 atom stereocenters. The number of fused-ring (bicyclic) bond motifs is 1. The molecule has 0 radical (unpaired) electrons. The highest BCUT2D eigenvalue weighted by Gasteiger charge is 2.16. The Bertz CT molecular complexity index is 1170. The predicted octanol–water partition coefficient (Wildman–Crippen LogP) is 5.91. The van der Waals surface area contributed by atoms with Crippen molar-refractivity contribution in [3.05, 3.63) is 103 Å². The molecule has 0 aliphatic carbocycles. The van der Waals surface area contributed by atoms with Gasteiger partial charge in [0.1, 0.15) is 5.58 Å². The molecule has 0 bridgehead atoms. The number of hydrogen-bond acceptors (Lipinski definition) is 4. The van der Waals surface area contributed by atoms with Crippen molar-refractivity contribution in [1.82, 2.24) is 5.32 Å². The first kappa shape index (κ1) is 19.6. The third-order valence-electron chi connectivity index (χ3n) is 5.56. The number of hydrogen-bond donors (Lipinski definition) is 1. The molecule has 2 aromatic carbocycles. The largest absolute Gasteiger partial charge is 0.422 e. The van der Waals surface area contributed by atoms with Crippen molar-refractivity contribution >= 4 is 22.3 Å². The van der Waals surface area contributed by atoms with E-state index in [9.17, 15) is 4.79 Å². The van der Waals surface area contributed by atoms with E-state index in [1.54, 1.807) is 17.4 Å². The van der Waals surface area contributed by atoms with Crippen LogP contribution in [0.15, 0.2) is 69.2 Å². The Morgan fingerprint density at radius 3 is 2.55 bits per heavy atom. The van der Waals surface area contributed by atoms with Crippen LogP contribution in [0.5, 0.6) is 0 Å². The van der Waals surface area contributed by atoms with Crippen LogP contribution >= 0.6 is 11.3 Å². The van der Waals surface area contributed by atoms with E-state index in [4.69, 9.17) is 4.42 Å². The molecule has 0 amide bonds. The molecule has 4 rings (SSSR count). The van der Waals surface area contributed by atoms with Gasteiger partial charge in [0, 0.05) is 22.9 Å². The topological polar surface area (TPSA) is 42.2 Å². The predicted molar refractivity (Wildman–Crippen MR) is 121 cm³/mol. The van der Waals surface area contributed by atoms with Crippen molar-refractivity contribution in [1.29, 1.82) is 0 Å². The van der Waals surface area contributed by atoms with Crippen LogP contribution in [0.4, 0.5) is 0 Å². The van der Waals surface area contributed by atoms with Gasteiger partial charge in [0.25, 0.3) is 0 Å². The lowest BCUT2D eigenvalue weighted by Gasteiger charge is -2.19. The highest BCUT2D eigenvalue weighted by molar-refractivity contribution is 7.10. The molecular weight excluding hydrogens is 378 g/mol. The maximum atomic E-state index is 12.2. The van der Waals surface area contributed by atoms with Gasteiger partial charge in [-0.05, 0) is 59.5 Å². The molecule has 0 aliphatic rings. The standard InChI is InChI=1S/C25H25NO2S/c1-4-18-8-10-19(11-9-18)24(22-6-5-13-29-22)26-15-20-14-23(27)28-25-17(3)16(2)7-12-21(20)25/h5-14,24,26H,4,15H2,1-3H3/t24-/m1/s1. The van der Waals surface area contributed by atoms with Crippen LogP contribution < -0.4 is 10.9 Å². The molecular formula is C25H25NO2S. The third-order valence-corrected chi connectivity index (χ3v) is 6.50. The Kier molecular flexibility index (Phi) is 5.65. The van der Waals surface area contributed by atoms with E-state index in [0.29, 0.717) is 12.1 Å². The van der Waals surface area contributed by atoms with Gasteiger partial charge in [0.15, 0.2) is 0 Å². The fraction of sp³-hybridized carbons (Fsp3) is 0.240. The summed E-state index contributed by atoms with van der Waals surface area (Å²) in [4.78, 5) is 13.4. The SMILES string of the molecule is CCc1ccc([C@@H](NCc2cc(=O)oc3c(C)c(C)ccc23)c2cccs2)cc1. The van der Waals surface area contributed by atoms with E-state index in [1.165, 1.54) is 16.0 Å². The van der Waals surface area contributed by atoms with Gasteiger partial charge in [0.05, 0.1) is 6.04 Å². The minimum Gasteiger partial charge on any atom is -0.422 e. The minimum atomic E-state index is -0.303. The molecule has 2 aromatic heterocycles. The Hall–Kier alpha value is -2.69. The number of nitrogens with one attached hydrogen (secondary N) is 1. The fourth-order valence-electron chi connectivity index (χ4n) is 3.67. The van der Waals surface area contributed by atoms with Crippen LogP contribution in [0.3, 0.4) is 0 Å². The van der Waals surface area contributed by atoms with E-state index in [0.717, 1.165) is 28.5 Å². The average Bonchev–Trinajstić information content (AvgIpc) is 3.26. The number of thiophene rings is 1. The van der Waals surface area contributed by atoms with Crippen molar-refractivity contribution in [3.8, 4) is 0 Å². The Morgan fingerprint density at radius 2 is 1.86 bits per heavy atom. The molecule has 0 fully saturated rings. The second kappa shape index (κ2) is 8.36. The van der Waals surface area contributed by atoms with E-state index >= 15 is 0 Å². The van der Waals surface area contributed by atoms with Crippen LogP contribution in [-0.4, -0.2) is 0 Å². The summed E-state index contributed by atoms with van der Waals surface area (Å²) >= 11 is 1.74. The van der Waals surface area contributed by atoms with Crippen molar-refractivity contribution in [3.63, 3.8) is 0 Å². The van der Waals surface area contributed by atoms with Gasteiger partial charge >= 0.3 is 5.63 Å². The number of rotatable bonds is 6. The zero-order valence-corrected chi connectivity index (χ0v) is 17.8. The summed E-state index contributed by atoms with van der Waals surface area (Å²) in [6.45, 7) is 6.79. The molecule has 4 aromatic rings. The van der Waals surface area contributed by atoms with Gasteiger partial charge in [-0.25, -0.2) is 4.79 Å². The van der Waals surface area contributed by atoms with Gasteiger partial charge in [-0.1, -0.05) is 49.4 Å². The Morgan fingerprint density at radius 1 is 1.07 bits per heavy atom. The third kappa shape index (κ3) is 4.04. The highest BCUT2D eigenvalue weighted by Crippen LogP contribution is 2.28. The first-order valence-corrected chi connectivity index (χ1v) is 10.8. The van der Waals surface area contributed by atoms with Crippen LogP contribution in [0.2, 0.25) is 0 Å². The smallest absolute Gasteiger partial charge is 0.336 e. The highest BCUT2D eigenvalue weighted by atomic mass is 32.1. The average molecular weight is 404 g/mol. The van der Waals surface area contributed by atoms with Crippen molar-refractivity contribution in [2.24, 2.45) is 0 Å². The van der Waals surface area contributed by atoms with Crippen molar-refractivity contribution < 1.29 is 4.42 Å². The first-order valence-electron chi connectivity index (χ1n) is 9.95. The minimum absolute atomic E-state index is 0.0785. The van der Waals surface area contributed by atoms with E-state index in [2.05, 4.69) is 60.1 Å². The zero-order chi connectivity index (χ0) is 20.4. The van der Waals surface area contributed by atoms with Gasteiger partial charge < -0.3 is 9.73 Å². The maximum absolute atomic E-state index is 12.2. The van der Waals surface area contributed by atoms with E-state index in [1.807, 2.05) is 19.9 Å². The second-order valence-electron chi connectivity index (χ2n) is 7.40. The molecule has 0 saturated carbocycles. The lowest BCUT2D eigenvalue weighted by Crippen LogP contribution is -2.22. The summed E-state index contributed by atoms with van der Waals surface area (Å²) in [7, 11) is 0. The van der Waals surface area contributed by atoms with Crippen molar-refractivity contribution in [2.75, 3.05) is 0 Å². The molecule has 2 heterocycles. The van der Waals surface area contributed by atoms with Crippen LogP contribution in [0.1, 0.15) is 45.7 Å². The van der Waals surface area contributed by atoms with E-state index < -0.39 is 0 Å². The molecule has 4 heteroatoms. The lowest BCUT2D eigenvalue weighted by atomic mass is 10.0. The molecule has 1 N–H and O–H groups in total. The second-order valence-corrected chi connectivity index (χ2v) is 8.38. The summed E-state index contributed by atoms with van der Waals surface area (Å²) in [5, 5.41) is 6.77. The van der Waals surface area contributed by atoms with Gasteiger partial charge in [-0.3, -0.25) is 0 Å². The summed E-state index contributed by atoms with van der Waals surface area (Å²) in [6, 6.07) is 18.8. The van der Waals surface area contributed by atoms with Crippen LogP contribution in [0, 0.1) is 13.8 Å². The Balaban J connectivity index is 1.69. The number of aryl methyl sites for hydroxylation is 3. The molecule has 148 valence electrons. The van der Waals surface area contributed by atoms with Crippen LogP contribution in [0.25, 0.3) is 11.0 Å². The molecule has 29 heavy (non-hydrogen) atoms. The van der Waals surface area contributed by atoms with Gasteiger partial charge in [-0.15, -0.1) is 11.3 Å². The summed E-state index contributed by atoms with van der Waals surface area (Å²) < 4.78 is 5.52. The quantitative estimate of drug-likeness (QED) is 0.407. The van der Waals surface area contributed by atoms with Gasteiger partial charge in [0.2, 0.25) is 0 Å². The fourth-order valence-corrected chi connectivity index (χ4v) is 4.49. The van der Waals surface area contributed by atoms with Gasteiger partial charge in [-0.2, -0.15) is 0 Å². The first-order chi connectivity index (χ1) is 14.1. The number of benzene rings is 2. The summed E-state index contributed by atoms with van der Waals surface area (Å²) in [5.41, 5.74) is 6.05. The molecule has 3 nitrogen and oxygen atoms in total. The van der Waals surface area contributed by atoms with Crippen molar-refractivity contribution in [2.45, 2.75) is 39.8 Å². The summed E-state index contributed by atoms with van der Waals surface area (Å²) in [6.07, 6.45) is 1.03. The lowest BCUT2D eigenvalue weighted by molar-refractivity contribution is 0.551. The molecule has 0 saturated heterocycles. The van der Waals surface area contributed by atoms with Crippen LogP contribution in [-0.2, 0) is 13.0 Å². The summed E-state index contributed by atoms with van der Waals surface area (Å²) in [5.74, 6) is 0. The van der Waals surface area contributed by atoms with E-state index in [-0.39, 0.29) is 11.7 Å². The molecule has 0 spiro atoms. The monoisotopic (exact) mass is 403 g/mol. The maximum Gasteiger partial charge on any atom is 0.336 e. The normalized spacial score (nSPS) is 12.4. The molecule has 0 unspecified atom stereocenters. The molecule has 0 aliphatic heterocycles.